The zero-order chi connectivity index (χ0) is 21.5. The summed E-state index contributed by atoms with van der Waals surface area (Å²) in [7, 11) is 0. The predicted octanol–water partition coefficient (Wildman–Crippen LogP) is 5.98. The van der Waals surface area contributed by atoms with Crippen LogP contribution in [0.15, 0.2) is 66.7 Å². The third-order valence-electron chi connectivity index (χ3n) is 5.51. The second-order valence-corrected chi connectivity index (χ2v) is 8.20. The number of halogens is 1. The van der Waals surface area contributed by atoms with Gasteiger partial charge in [-0.1, -0.05) is 59.6 Å². The Balaban J connectivity index is 1.50. The number of H-pyrrole nitrogens is 1. The third kappa shape index (κ3) is 3.68. The first-order valence-corrected chi connectivity index (χ1v) is 10.4. The number of aromatic nitrogens is 4. The van der Waals surface area contributed by atoms with E-state index in [1.807, 2.05) is 43.3 Å². The molecule has 0 amide bonds. The molecule has 0 aliphatic rings. The van der Waals surface area contributed by atoms with E-state index in [9.17, 15) is 5.11 Å². The Bertz CT molecular complexity index is 1380. The highest BCUT2D eigenvalue weighted by Gasteiger charge is 2.18. The van der Waals surface area contributed by atoms with E-state index in [-0.39, 0.29) is 5.88 Å². The highest BCUT2D eigenvalue weighted by atomic mass is 35.5. The third-order valence-corrected chi connectivity index (χ3v) is 5.76. The molecule has 5 rings (SSSR count). The maximum atomic E-state index is 10.9. The summed E-state index contributed by atoms with van der Waals surface area (Å²) in [4.78, 5) is 7.95. The Kier molecular flexibility index (Phi) is 4.75. The van der Waals surface area contributed by atoms with Crippen molar-refractivity contribution >= 4 is 22.6 Å². The fourth-order valence-electron chi connectivity index (χ4n) is 3.73. The van der Waals surface area contributed by atoms with E-state index >= 15 is 0 Å². The summed E-state index contributed by atoms with van der Waals surface area (Å²) in [6.45, 7) is 3.96. The van der Waals surface area contributed by atoms with Gasteiger partial charge in [-0.05, 0) is 54.8 Å². The largest absolute Gasteiger partial charge is 0.493 e. The molecular weight excluding hydrogens is 408 g/mol. The van der Waals surface area contributed by atoms with Gasteiger partial charge in [0, 0.05) is 17.0 Å². The van der Waals surface area contributed by atoms with Crippen LogP contribution < -0.4 is 0 Å². The van der Waals surface area contributed by atoms with Gasteiger partial charge in [0.15, 0.2) is 0 Å². The van der Waals surface area contributed by atoms with E-state index in [1.54, 1.807) is 0 Å². The average molecular weight is 429 g/mol. The van der Waals surface area contributed by atoms with E-state index in [4.69, 9.17) is 11.6 Å². The van der Waals surface area contributed by atoms with Crippen LogP contribution in [0, 0.1) is 13.8 Å². The molecule has 2 aromatic heterocycles. The molecule has 2 heterocycles. The van der Waals surface area contributed by atoms with E-state index in [1.165, 1.54) is 10.2 Å². The van der Waals surface area contributed by atoms with Crippen LogP contribution in [0.1, 0.15) is 22.4 Å². The van der Waals surface area contributed by atoms with Crippen molar-refractivity contribution in [1.82, 2.24) is 19.7 Å². The summed E-state index contributed by atoms with van der Waals surface area (Å²) in [6, 6.07) is 22.1. The molecule has 154 valence electrons. The highest BCUT2D eigenvalue weighted by molar-refractivity contribution is 6.30. The summed E-state index contributed by atoms with van der Waals surface area (Å²) in [5, 5.41) is 16.1. The minimum Gasteiger partial charge on any atom is -0.493 e. The molecule has 0 bridgehead atoms. The number of aromatic amines is 1. The molecular formula is C25H21ClN4O. The van der Waals surface area contributed by atoms with Crippen LogP contribution in [-0.2, 0) is 6.42 Å². The summed E-state index contributed by atoms with van der Waals surface area (Å²) < 4.78 is 1.46. The molecule has 0 aliphatic carbocycles. The van der Waals surface area contributed by atoms with E-state index in [0.29, 0.717) is 17.4 Å². The number of aromatic hydroxyl groups is 1. The zero-order valence-electron chi connectivity index (χ0n) is 17.2. The molecule has 6 heteroatoms. The van der Waals surface area contributed by atoms with Gasteiger partial charge in [-0.15, -0.1) is 0 Å². The highest BCUT2D eigenvalue weighted by Crippen LogP contribution is 2.29. The van der Waals surface area contributed by atoms with Crippen molar-refractivity contribution in [1.29, 1.82) is 0 Å². The van der Waals surface area contributed by atoms with Gasteiger partial charge in [0.05, 0.1) is 16.7 Å². The standard InChI is InChI=1S/C25H21ClN4O/c1-15-3-7-18(8-4-15)19-9-12-22-23(14-19)28-25(27-22)30-24(31)21(16(2)29-30)13-17-5-10-20(26)11-6-17/h3-12,14,31H,13H2,1-2H3,(H,27,28). The SMILES string of the molecule is Cc1ccc(-c2ccc3[nH]c(-n4nc(C)c(Cc5ccc(Cl)cc5)c4O)nc3c2)cc1. The molecule has 0 aliphatic heterocycles. The molecule has 3 aromatic carbocycles. The van der Waals surface area contributed by atoms with Gasteiger partial charge in [-0.3, -0.25) is 0 Å². The maximum Gasteiger partial charge on any atom is 0.232 e. The first-order valence-electron chi connectivity index (χ1n) is 10.1. The number of hydrogen-bond donors (Lipinski definition) is 2. The molecule has 0 radical (unpaired) electrons. The molecule has 0 saturated heterocycles. The molecule has 0 unspecified atom stereocenters. The Morgan fingerprint density at radius 3 is 2.39 bits per heavy atom. The van der Waals surface area contributed by atoms with Crippen molar-refractivity contribution in [3.05, 3.63) is 94.1 Å². The second-order valence-electron chi connectivity index (χ2n) is 7.76. The smallest absolute Gasteiger partial charge is 0.232 e. The lowest BCUT2D eigenvalue weighted by molar-refractivity contribution is 0.426. The lowest BCUT2D eigenvalue weighted by Gasteiger charge is -2.02. The number of aryl methyl sites for hydroxylation is 2. The maximum absolute atomic E-state index is 10.9. The van der Waals surface area contributed by atoms with Gasteiger partial charge in [-0.25, -0.2) is 4.98 Å². The van der Waals surface area contributed by atoms with Crippen molar-refractivity contribution < 1.29 is 5.11 Å². The van der Waals surface area contributed by atoms with Crippen LogP contribution in [0.5, 0.6) is 5.88 Å². The quantitative estimate of drug-likeness (QED) is 0.370. The molecule has 0 saturated carbocycles. The summed E-state index contributed by atoms with van der Waals surface area (Å²) in [6.07, 6.45) is 0.562. The lowest BCUT2D eigenvalue weighted by atomic mass is 10.0. The molecule has 0 fully saturated rings. The molecule has 0 atom stereocenters. The van der Waals surface area contributed by atoms with Gasteiger partial charge >= 0.3 is 0 Å². The van der Waals surface area contributed by atoms with Crippen molar-refractivity contribution in [3.8, 4) is 23.0 Å². The van der Waals surface area contributed by atoms with Crippen molar-refractivity contribution in [2.24, 2.45) is 0 Å². The summed E-state index contributed by atoms with van der Waals surface area (Å²) in [5.41, 5.74) is 7.74. The van der Waals surface area contributed by atoms with Gasteiger partial charge < -0.3 is 10.1 Å². The predicted molar refractivity (Wildman–Crippen MR) is 124 cm³/mol. The Morgan fingerprint density at radius 2 is 1.65 bits per heavy atom. The topological polar surface area (TPSA) is 66.7 Å². The Labute approximate surface area is 185 Å². The molecule has 31 heavy (non-hydrogen) atoms. The number of fused-ring (bicyclic) bond motifs is 1. The van der Waals surface area contributed by atoms with Crippen LogP contribution in [0.3, 0.4) is 0 Å². The zero-order valence-corrected chi connectivity index (χ0v) is 18.0. The molecule has 0 spiro atoms. The molecule has 5 nitrogen and oxygen atoms in total. The van der Waals surface area contributed by atoms with Gasteiger partial charge in [0.1, 0.15) is 0 Å². The first kappa shape index (κ1) is 19.4. The fraction of sp³-hybridized carbons (Fsp3) is 0.120. The van der Waals surface area contributed by atoms with Crippen LogP contribution in [0.2, 0.25) is 5.02 Å². The number of nitrogens with one attached hydrogen (secondary N) is 1. The van der Waals surface area contributed by atoms with Crippen molar-refractivity contribution in [2.75, 3.05) is 0 Å². The number of hydrogen-bond acceptors (Lipinski definition) is 3. The average Bonchev–Trinajstić information content (AvgIpc) is 3.31. The van der Waals surface area contributed by atoms with Gasteiger partial charge in [0.25, 0.3) is 0 Å². The first-order chi connectivity index (χ1) is 15.0. The Hall–Kier alpha value is -3.57. The van der Waals surface area contributed by atoms with Crippen LogP contribution in [-0.4, -0.2) is 24.9 Å². The Morgan fingerprint density at radius 1 is 0.935 bits per heavy atom. The summed E-state index contributed by atoms with van der Waals surface area (Å²) in [5.74, 6) is 0.573. The van der Waals surface area contributed by atoms with Gasteiger partial charge in [-0.2, -0.15) is 9.78 Å². The number of nitrogens with zero attached hydrogens (tertiary/aromatic N) is 3. The molecule has 5 aromatic rings. The van der Waals surface area contributed by atoms with Crippen molar-refractivity contribution in [2.45, 2.75) is 20.3 Å². The van der Waals surface area contributed by atoms with Crippen LogP contribution in [0.4, 0.5) is 0 Å². The van der Waals surface area contributed by atoms with E-state index in [2.05, 4.69) is 52.3 Å². The monoisotopic (exact) mass is 428 g/mol. The minimum atomic E-state index is 0.0882. The summed E-state index contributed by atoms with van der Waals surface area (Å²) >= 11 is 5.98. The van der Waals surface area contributed by atoms with Crippen LogP contribution >= 0.6 is 11.6 Å². The van der Waals surface area contributed by atoms with E-state index in [0.717, 1.165) is 39.0 Å². The minimum absolute atomic E-state index is 0.0882. The molecule has 2 N–H and O–H groups in total. The number of benzene rings is 3. The fourth-order valence-corrected chi connectivity index (χ4v) is 3.85. The lowest BCUT2D eigenvalue weighted by Crippen LogP contribution is -1.98. The number of imidazole rings is 1. The van der Waals surface area contributed by atoms with Crippen LogP contribution in [0.25, 0.3) is 28.1 Å². The second kappa shape index (κ2) is 7.60. The van der Waals surface area contributed by atoms with Gasteiger partial charge in [0.2, 0.25) is 11.8 Å². The van der Waals surface area contributed by atoms with E-state index < -0.39 is 0 Å². The normalized spacial score (nSPS) is 11.3. The number of rotatable bonds is 4. The van der Waals surface area contributed by atoms with Crippen molar-refractivity contribution in [3.63, 3.8) is 0 Å².